The first-order valence-corrected chi connectivity index (χ1v) is 21.8. The van der Waals surface area contributed by atoms with Crippen molar-refractivity contribution >= 4 is 27.3 Å². The van der Waals surface area contributed by atoms with E-state index in [-0.39, 0.29) is 45.1 Å². The van der Waals surface area contributed by atoms with Crippen LogP contribution < -0.4 is 5.32 Å². The molecule has 1 aromatic carbocycles. The van der Waals surface area contributed by atoms with E-state index in [9.17, 15) is 23.1 Å². The monoisotopic (exact) mass is 738 g/mol. The van der Waals surface area contributed by atoms with Crippen LogP contribution in [0.3, 0.4) is 0 Å². The third-order valence-corrected chi connectivity index (χ3v) is 17.3. The van der Waals surface area contributed by atoms with E-state index in [0.717, 1.165) is 75.8 Å². The molecule has 9 heteroatoms. The molecule has 4 fully saturated rings. The fraction of sp³-hybridized carbons (Fsp3) is 0.721. The van der Waals surface area contributed by atoms with Crippen LogP contribution in [0.2, 0.25) is 0 Å². The number of halogens is 1. The van der Waals surface area contributed by atoms with Crippen molar-refractivity contribution < 1.29 is 27.5 Å². The van der Waals surface area contributed by atoms with Gasteiger partial charge >= 0.3 is 5.97 Å². The standard InChI is InChI=1S/C43H63FN2O5S/c1-28(2)31-14-20-43(39(49)45-21-22-46-23-25-52(50,51)26-24-46)19-13-29(3)41(6)18-16-36-40(4,5)33(32-12-11-30(38(47)48)27-35(32)44)15-17-42(36,7)37(41)10-8-9-34(31)43/h11-12,15,27,29,31,34,36-37H,1,8-10,13-14,16-26H2,2-7H3,(H,45,49)(H,47,48). The molecule has 0 bridgehead atoms. The van der Waals surface area contributed by atoms with Crippen molar-refractivity contribution in [1.82, 2.24) is 10.2 Å². The molecule has 8 unspecified atom stereocenters. The van der Waals surface area contributed by atoms with Crippen LogP contribution in [0.15, 0.2) is 36.4 Å². The second-order valence-corrected chi connectivity index (χ2v) is 20.9. The lowest BCUT2D eigenvalue weighted by Gasteiger charge is -2.64. The van der Waals surface area contributed by atoms with Gasteiger partial charge in [0.25, 0.3) is 0 Å². The average Bonchev–Trinajstić information content (AvgIpc) is 3.45. The molecule has 2 N–H and O–H groups in total. The van der Waals surface area contributed by atoms with Crippen molar-refractivity contribution in [2.45, 2.75) is 106 Å². The predicted octanol–water partition coefficient (Wildman–Crippen LogP) is 8.41. The van der Waals surface area contributed by atoms with Gasteiger partial charge in [0.05, 0.1) is 22.5 Å². The van der Waals surface area contributed by atoms with Gasteiger partial charge in [-0.15, -0.1) is 0 Å². The quantitative estimate of drug-likeness (QED) is 0.273. The Kier molecular flexibility index (Phi) is 10.8. The first-order chi connectivity index (χ1) is 24.4. The van der Waals surface area contributed by atoms with Crippen LogP contribution in [0.1, 0.15) is 122 Å². The van der Waals surface area contributed by atoms with Gasteiger partial charge in [-0.25, -0.2) is 17.6 Å². The first kappa shape index (κ1) is 39.2. The molecule has 288 valence electrons. The van der Waals surface area contributed by atoms with Gasteiger partial charge < -0.3 is 10.4 Å². The third-order valence-electron chi connectivity index (χ3n) is 15.7. The van der Waals surface area contributed by atoms with Crippen molar-refractivity contribution in [2.75, 3.05) is 37.7 Å². The molecule has 1 amide bonds. The van der Waals surface area contributed by atoms with Gasteiger partial charge in [-0.05, 0) is 128 Å². The highest BCUT2D eigenvalue weighted by Crippen LogP contribution is 2.69. The van der Waals surface area contributed by atoms with E-state index >= 15 is 4.39 Å². The second kappa shape index (κ2) is 14.3. The minimum atomic E-state index is -2.94. The maximum Gasteiger partial charge on any atom is 0.335 e. The SMILES string of the molecule is C=C(C)C1CCC2(C(=O)NCCN3CCS(=O)(=O)CC3)CCC(C)C3(C)CCC4C(C)(C)C(c5ccc(C(=O)O)cc5F)=CCC4(C)C3CCCC12. The third kappa shape index (κ3) is 6.84. The molecule has 1 heterocycles. The molecule has 52 heavy (non-hydrogen) atoms. The first-order valence-electron chi connectivity index (χ1n) is 20.0. The van der Waals surface area contributed by atoms with Gasteiger partial charge in [-0.1, -0.05) is 65.3 Å². The van der Waals surface area contributed by atoms with Gasteiger partial charge in [-0.3, -0.25) is 9.69 Å². The lowest BCUT2D eigenvalue weighted by atomic mass is 9.40. The number of hydrogen-bond donors (Lipinski definition) is 2. The average molecular weight is 739 g/mol. The zero-order chi connectivity index (χ0) is 37.9. The predicted molar refractivity (Wildman–Crippen MR) is 206 cm³/mol. The van der Waals surface area contributed by atoms with E-state index in [1.165, 1.54) is 11.6 Å². The van der Waals surface area contributed by atoms with Crippen LogP contribution in [0.25, 0.3) is 5.57 Å². The molecule has 1 aromatic rings. The number of carboxylic acids is 1. The number of carbonyl (C=O) groups is 2. The molecule has 0 aromatic heterocycles. The molecule has 8 atom stereocenters. The molecule has 4 aliphatic carbocycles. The molecule has 3 saturated carbocycles. The molecule has 5 aliphatic rings. The molecule has 1 aliphatic heterocycles. The summed E-state index contributed by atoms with van der Waals surface area (Å²) in [4.78, 5) is 28.2. The van der Waals surface area contributed by atoms with Gasteiger partial charge in [-0.2, -0.15) is 0 Å². The maximum atomic E-state index is 15.5. The fourth-order valence-electron chi connectivity index (χ4n) is 12.6. The van der Waals surface area contributed by atoms with Crippen molar-refractivity contribution in [3.63, 3.8) is 0 Å². The van der Waals surface area contributed by atoms with E-state index in [1.807, 2.05) is 0 Å². The summed E-state index contributed by atoms with van der Waals surface area (Å²) in [7, 11) is -2.94. The number of fused-ring (bicyclic) bond motifs is 4. The van der Waals surface area contributed by atoms with Crippen LogP contribution in [-0.2, 0) is 14.6 Å². The summed E-state index contributed by atoms with van der Waals surface area (Å²) in [5.74, 6) is 0.825. The van der Waals surface area contributed by atoms with Crippen molar-refractivity contribution in [2.24, 2.45) is 51.2 Å². The Balaban J connectivity index is 1.25. The fourth-order valence-corrected chi connectivity index (χ4v) is 13.8. The Morgan fingerprint density at radius 1 is 0.981 bits per heavy atom. The smallest absolute Gasteiger partial charge is 0.335 e. The summed E-state index contributed by atoms with van der Waals surface area (Å²) in [5.41, 5.74) is 2.10. The maximum absolute atomic E-state index is 15.5. The Morgan fingerprint density at radius 3 is 2.33 bits per heavy atom. The minimum Gasteiger partial charge on any atom is -0.478 e. The van der Waals surface area contributed by atoms with Gasteiger partial charge in [0.15, 0.2) is 9.84 Å². The molecular weight excluding hydrogens is 676 g/mol. The highest BCUT2D eigenvalue weighted by atomic mass is 32.2. The Bertz CT molecular complexity index is 1710. The number of rotatable bonds is 7. The highest BCUT2D eigenvalue weighted by Gasteiger charge is 2.61. The number of hydrogen-bond acceptors (Lipinski definition) is 5. The molecular formula is C43H63FN2O5S. The second-order valence-electron chi connectivity index (χ2n) is 18.6. The summed E-state index contributed by atoms with van der Waals surface area (Å²) < 4.78 is 39.4. The van der Waals surface area contributed by atoms with E-state index < -0.39 is 27.0 Å². The van der Waals surface area contributed by atoms with E-state index in [2.05, 4.69) is 64.4 Å². The van der Waals surface area contributed by atoms with Crippen LogP contribution in [0.5, 0.6) is 0 Å². The summed E-state index contributed by atoms with van der Waals surface area (Å²) in [6, 6.07) is 4.35. The van der Waals surface area contributed by atoms with Crippen LogP contribution in [0.4, 0.5) is 4.39 Å². The highest BCUT2D eigenvalue weighted by molar-refractivity contribution is 7.91. The number of carboxylic acid groups (broad SMARTS) is 1. The topological polar surface area (TPSA) is 104 Å². The zero-order valence-electron chi connectivity index (χ0n) is 32.5. The lowest BCUT2D eigenvalue weighted by molar-refractivity contribution is -0.139. The number of benzene rings is 1. The van der Waals surface area contributed by atoms with Gasteiger partial charge in [0, 0.05) is 31.7 Å². The number of nitrogens with zero attached hydrogens (tertiary/aromatic N) is 1. The van der Waals surface area contributed by atoms with Crippen molar-refractivity contribution in [3.05, 3.63) is 53.4 Å². The van der Waals surface area contributed by atoms with E-state index in [1.54, 1.807) is 6.07 Å². The van der Waals surface area contributed by atoms with E-state index in [4.69, 9.17) is 0 Å². The molecule has 0 radical (unpaired) electrons. The van der Waals surface area contributed by atoms with Crippen LogP contribution in [-0.4, -0.2) is 68.0 Å². The van der Waals surface area contributed by atoms with Crippen LogP contribution >= 0.6 is 0 Å². The summed E-state index contributed by atoms with van der Waals surface area (Å²) in [6.45, 7) is 20.8. The van der Waals surface area contributed by atoms with Gasteiger partial charge in [0.2, 0.25) is 5.91 Å². The lowest BCUT2D eigenvalue weighted by Crippen LogP contribution is -2.56. The van der Waals surface area contributed by atoms with Crippen LogP contribution in [0, 0.1) is 57.1 Å². The molecule has 0 spiro atoms. The summed E-state index contributed by atoms with van der Waals surface area (Å²) >= 11 is 0. The normalized spacial score (nSPS) is 37.4. The molecule has 6 rings (SSSR count). The molecule has 7 nitrogen and oxygen atoms in total. The number of allylic oxidation sites excluding steroid dienone is 3. The Morgan fingerprint density at radius 2 is 1.67 bits per heavy atom. The zero-order valence-corrected chi connectivity index (χ0v) is 33.3. The Labute approximate surface area is 312 Å². The summed E-state index contributed by atoms with van der Waals surface area (Å²) in [5, 5.41) is 12.8. The number of nitrogens with one attached hydrogen (secondary N) is 1. The molecule has 1 saturated heterocycles. The van der Waals surface area contributed by atoms with Gasteiger partial charge in [0.1, 0.15) is 5.82 Å². The number of carbonyl (C=O) groups excluding carboxylic acids is 1. The largest absolute Gasteiger partial charge is 0.478 e. The minimum absolute atomic E-state index is 0.0244. The number of aromatic carboxylic acids is 1. The summed E-state index contributed by atoms with van der Waals surface area (Å²) in [6.07, 6.45) is 12.2. The van der Waals surface area contributed by atoms with Crippen molar-refractivity contribution in [1.29, 1.82) is 0 Å². The van der Waals surface area contributed by atoms with Crippen molar-refractivity contribution in [3.8, 4) is 0 Å². The van der Waals surface area contributed by atoms with E-state index in [0.29, 0.717) is 55.4 Å². The Hall–Kier alpha value is -2.52. The number of sulfone groups is 1. The number of amides is 1.